The Morgan fingerprint density at radius 1 is 1.40 bits per heavy atom. The Morgan fingerprint density at radius 3 is 2.65 bits per heavy atom. The van der Waals surface area contributed by atoms with E-state index in [0.29, 0.717) is 12.4 Å². The van der Waals surface area contributed by atoms with E-state index in [1.165, 1.54) is 0 Å². The number of hydrogen-bond acceptors (Lipinski definition) is 6. The monoisotopic (exact) mass is 281 g/mol. The van der Waals surface area contributed by atoms with Crippen LogP contribution in [-0.2, 0) is 11.2 Å². The second-order valence-corrected chi connectivity index (χ2v) is 5.03. The number of nitrogens with zero attached hydrogens (tertiary/aromatic N) is 4. The predicted octanol–water partition coefficient (Wildman–Crippen LogP) is 0.0566. The summed E-state index contributed by atoms with van der Waals surface area (Å²) in [7, 11) is 1.79. The summed E-state index contributed by atoms with van der Waals surface area (Å²) >= 11 is 0. The van der Waals surface area contributed by atoms with Gasteiger partial charge in [-0.1, -0.05) is 12.1 Å². The van der Waals surface area contributed by atoms with Crippen molar-refractivity contribution in [3.8, 4) is 0 Å². The quantitative estimate of drug-likeness (QED) is 0.822. The van der Waals surface area contributed by atoms with E-state index < -0.39 is 0 Å². The summed E-state index contributed by atoms with van der Waals surface area (Å²) in [6, 6.07) is 0.101. The van der Waals surface area contributed by atoms with Crippen molar-refractivity contribution < 1.29 is 9.32 Å². The summed E-state index contributed by atoms with van der Waals surface area (Å²) in [6.07, 6.45) is 0.780. The zero-order valence-corrected chi connectivity index (χ0v) is 12.4. The van der Waals surface area contributed by atoms with Crippen LogP contribution in [0.4, 0.5) is 0 Å². The fourth-order valence-electron chi connectivity index (χ4n) is 2.36. The first kappa shape index (κ1) is 14.9. The van der Waals surface area contributed by atoms with Crippen molar-refractivity contribution in [2.45, 2.75) is 26.3 Å². The number of piperazine rings is 1. The van der Waals surface area contributed by atoms with E-state index in [-0.39, 0.29) is 11.9 Å². The second kappa shape index (κ2) is 6.81. The molecule has 7 nitrogen and oxygen atoms in total. The average Bonchev–Trinajstić information content (AvgIpc) is 2.96. The molecule has 0 aliphatic carbocycles. The SMILES string of the molecule is CCc1noc(C(C)N2CCN(C(=O)CNC)CC2)n1. The minimum Gasteiger partial charge on any atom is -0.339 e. The van der Waals surface area contributed by atoms with Crippen LogP contribution in [0.2, 0.25) is 0 Å². The molecule has 1 saturated heterocycles. The lowest BCUT2D eigenvalue weighted by atomic mass is 10.2. The van der Waals surface area contributed by atoms with Crippen LogP contribution in [0.15, 0.2) is 4.52 Å². The Morgan fingerprint density at radius 2 is 2.10 bits per heavy atom. The van der Waals surface area contributed by atoms with E-state index in [0.717, 1.165) is 38.4 Å². The molecule has 0 aromatic carbocycles. The number of amides is 1. The van der Waals surface area contributed by atoms with Gasteiger partial charge in [-0.3, -0.25) is 9.69 Å². The predicted molar refractivity (Wildman–Crippen MR) is 74.2 cm³/mol. The fourth-order valence-corrected chi connectivity index (χ4v) is 2.36. The Hall–Kier alpha value is -1.47. The smallest absolute Gasteiger partial charge is 0.243 e. The van der Waals surface area contributed by atoms with Gasteiger partial charge in [0.1, 0.15) is 0 Å². The lowest BCUT2D eigenvalue weighted by Gasteiger charge is -2.36. The Kier molecular flexibility index (Phi) is 5.08. The molecule has 1 aliphatic rings. The van der Waals surface area contributed by atoms with Gasteiger partial charge in [0.2, 0.25) is 11.8 Å². The molecule has 1 aromatic rings. The number of hydrogen-bond donors (Lipinski definition) is 1. The van der Waals surface area contributed by atoms with E-state index in [1.807, 2.05) is 11.8 Å². The van der Waals surface area contributed by atoms with Gasteiger partial charge < -0.3 is 14.7 Å². The topological polar surface area (TPSA) is 74.5 Å². The van der Waals surface area contributed by atoms with Crippen molar-refractivity contribution in [2.75, 3.05) is 39.8 Å². The van der Waals surface area contributed by atoms with Crippen LogP contribution >= 0.6 is 0 Å². The first-order valence-corrected chi connectivity index (χ1v) is 7.14. The number of carbonyl (C=O) groups is 1. The van der Waals surface area contributed by atoms with E-state index in [9.17, 15) is 4.79 Å². The summed E-state index contributed by atoms with van der Waals surface area (Å²) in [5, 5.41) is 6.83. The largest absolute Gasteiger partial charge is 0.339 e. The van der Waals surface area contributed by atoms with Crippen LogP contribution in [0.3, 0.4) is 0 Å². The molecule has 1 fully saturated rings. The normalized spacial score (nSPS) is 18.2. The number of carbonyl (C=O) groups excluding carboxylic acids is 1. The molecule has 0 saturated carbocycles. The van der Waals surface area contributed by atoms with E-state index in [1.54, 1.807) is 7.05 Å². The van der Waals surface area contributed by atoms with Crippen LogP contribution in [0, 0.1) is 0 Å². The second-order valence-electron chi connectivity index (χ2n) is 5.03. The highest BCUT2D eigenvalue weighted by Gasteiger charge is 2.27. The zero-order valence-electron chi connectivity index (χ0n) is 12.4. The standard InChI is InChI=1S/C13H23N5O2/c1-4-11-15-13(20-16-11)10(2)17-5-7-18(8-6-17)12(19)9-14-3/h10,14H,4-9H2,1-3H3. The van der Waals surface area contributed by atoms with Gasteiger partial charge in [-0.15, -0.1) is 0 Å². The maximum atomic E-state index is 11.8. The van der Waals surface area contributed by atoms with Crippen LogP contribution < -0.4 is 5.32 Å². The third-order valence-electron chi connectivity index (χ3n) is 3.70. The molecule has 1 aromatic heterocycles. The molecule has 1 atom stereocenters. The maximum absolute atomic E-state index is 11.8. The molecule has 1 amide bonds. The highest BCUT2D eigenvalue weighted by Crippen LogP contribution is 2.20. The molecular weight excluding hydrogens is 258 g/mol. The Balaban J connectivity index is 1.88. The van der Waals surface area contributed by atoms with Crippen molar-refractivity contribution in [3.63, 3.8) is 0 Å². The van der Waals surface area contributed by atoms with Gasteiger partial charge in [0.15, 0.2) is 5.82 Å². The molecule has 0 bridgehead atoms. The summed E-state index contributed by atoms with van der Waals surface area (Å²) in [6.45, 7) is 7.64. The van der Waals surface area contributed by atoms with Crippen LogP contribution in [-0.4, -0.2) is 65.6 Å². The van der Waals surface area contributed by atoms with E-state index in [2.05, 4.69) is 27.3 Å². The van der Waals surface area contributed by atoms with Gasteiger partial charge in [0.05, 0.1) is 12.6 Å². The minimum absolute atomic E-state index is 0.101. The molecular formula is C13H23N5O2. The highest BCUT2D eigenvalue weighted by molar-refractivity contribution is 5.78. The van der Waals surface area contributed by atoms with E-state index >= 15 is 0 Å². The van der Waals surface area contributed by atoms with Crippen molar-refractivity contribution in [1.82, 2.24) is 25.3 Å². The number of aromatic nitrogens is 2. The van der Waals surface area contributed by atoms with Crippen LogP contribution in [0.5, 0.6) is 0 Å². The molecule has 0 spiro atoms. The third kappa shape index (κ3) is 3.34. The number of likely N-dealkylation sites (N-methyl/N-ethyl adjacent to an activating group) is 1. The lowest BCUT2D eigenvalue weighted by Crippen LogP contribution is -2.51. The van der Waals surface area contributed by atoms with Crippen molar-refractivity contribution in [3.05, 3.63) is 11.7 Å². The van der Waals surface area contributed by atoms with Gasteiger partial charge >= 0.3 is 0 Å². The molecule has 1 N–H and O–H groups in total. The third-order valence-corrected chi connectivity index (χ3v) is 3.70. The molecule has 7 heteroatoms. The van der Waals surface area contributed by atoms with Crippen molar-refractivity contribution in [1.29, 1.82) is 0 Å². The Labute approximate surface area is 119 Å². The first-order valence-electron chi connectivity index (χ1n) is 7.14. The number of nitrogens with one attached hydrogen (secondary N) is 1. The van der Waals surface area contributed by atoms with Gasteiger partial charge in [0, 0.05) is 32.6 Å². The highest BCUT2D eigenvalue weighted by atomic mass is 16.5. The molecule has 20 heavy (non-hydrogen) atoms. The summed E-state index contributed by atoms with van der Waals surface area (Å²) < 4.78 is 5.29. The zero-order chi connectivity index (χ0) is 14.5. The molecule has 2 heterocycles. The van der Waals surface area contributed by atoms with Gasteiger partial charge in [0.25, 0.3) is 0 Å². The van der Waals surface area contributed by atoms with Gasteiger partial charge in [-0.25, -0.2) is 0 Å². The molecule has 2 rings (SSSR count). The van der Waals surface area contributed by atoms with Gasteiger partial charge in [-0.2, -0.15) is 4.98 Å². The lowest BCUT2D eigenvalue weighted by molar-refractivity contribution is -0.132. The molecule has 112 valence electrons. The molecule has 1 aliphatic heterocycles. The van der Waals surface area contributed by atoms with Crippen molar-refractivity contribution >= 4 is 5.91 Å². The maximum Gasteiger partial charge on any atom is 0.243 e. The summed E-state index contributed by atoms with van der Waals surface area (Å²) in [5.74, 6) is 1.57. The molecule has 1 unspecified atom stereocenters. The Bertz CT molecular complexity index is 440. The summed E-state index contributed by atoms with van der Waals surface area (Å²) in [5.41, 5.74) is 0. The number of aryl methyl sites for hydroxylation is 1. The number of rotatable bonds is 5. The molecule has 0 radical (unpaired) electrons. The van der Waals surface area contributed by atoms with Crippen molar-refractivity contribution in [2.24, 2.45) is 0 Å². The summed E-state index contributed by atoms with van der Waals surface area (Å²) in [4.78, 5) is 20.3. The fraction of sp³-hybridized carbons (Fsp3) is 0.769. The van der Waals surface area contributed by atoms with E-state index in [4.69, 9.17) is 4.52 Å². The first-order chi connectivity index (χ1) is 9.65. The minimum atomic E-state index is 0.101. The average molecular weight is 281 g/mol. The van der Waals surface area contributed by atoms with Crippen LogP contribution in [0.25, 0.3) is 0 Å². The van der Waals surface area contributed by atoms with Gasteiger partial charge in [-0.05, 0) is 14.0 Å². The van der Waals surface area contributed by atoms with Crippen LogP contribution in [0.1, 0.15) is 31.6 Å².